The lowest BCUT2D eigenvalue weighted by molar-refractivity contribution is -0.156. The topological polar surface area (TPSA) is 46.6 Å². The van der Waals surface area contributed by atoms with Crippen molar-refractivity contribution in [2.45, 2.75) is 66.3 Å². The molecule has 4 nitrogen and oxygen atoms in total. The van der Waals surface area contributed by atoms with Crippen molar-refractivity contribution in [3.05, 3.63) is 0 Å². The molecular weight excluding hydrogens is 278 g/mol. The minimum atomic E-state index is -0.461. The molecule has 0 spiro atoms. The van der Waals surface area contributed by atoms with E-state index >= 15 is 0 Å². The summed E-state index contributed by atoms with van der Waals surface area (Å²) in [6, 6.07) is -0.461. The van der Waals surface area contributed by atoms with Gasteiger partial charge in [-0.25, -0.2) is 4.79 Å². The van der Waals surface area contributed by atoms with E-state index in [1.54, 1.807) is 18.9 Å². The number of hydrogen-bond donors (Lipinski definition) is 0. The zero-order valence-electron chi connectivity index (χ0n) is 15.1. The molecule has 4 heteroatoms. The first kappa shape index (κ1) is 19.0. The van der Waals surface area contributed by atoms with Gasteiger partial charge in [0.25, 0.3) is 0 Å². The van der Waals surface area contributed by atoms with Gasteiger partial charge >= 0.3 is 5.97 Å². The lowest BCUT2D eigenvalue weighted by Gasteiger charge is -2.39. The molecule has 0 aromatic rings. The van der Waals surface area contributed by atoms with E-state index < -0.39 is 6.04 Å². The van der Waals surface area contributed by atoms with Crippen molar-refractivity contribution in [1.82, 2.24) is 4.90 Å². The molecule has 0 radical (unpaired) electrons. The first-order valence-corrected chi connectivity index (χ1v) is 8.76. The third-order valence-electron chi connectivity index (χ3n) is 5.10. The summed E-state index contributed by atoms with van der Waals surface area (Å²) in [6.45, 7) is 10.7. The van der Waals surface area contributed by atoms with E-state index in [2.05, 4.69) is 20.8 Å². The van der Waals surface area contributed by atoms with Crippen LogP contribution in [0.1, 0.15) is 60.3 Å². The molecular formula is C18H33NO3. The average Bonchev–Trinajstić information content (AvgIpc) is 2.46. The highest BCUT2D eigenvalue weighted by atomic mass is 16.5. The maximum absolute atomic E-state index is 13.0. The van der Waals surface area contributed by atoms with Crippen LogP contribution in [0.2, 0.25) is 0 Å². The van der Waals surface area contributed by atoms with Crippen LogP contribution in [0.4, 0.5) is 0 Å². The first-order valence-electron chi connectivity index (χ1n) is 8.76. The first-order chi connectivity index (χ1) is 10.3. The third kappa shape index (κ3) is 4.47. The van der Waals surface area contributed by atoms with E-state index in [9.17, 15) is 9.59 Å². The van der Waals surface area contributed by atoms with E-state index in [0.29, 0.717) is 30.8 Å². The van der Waals surface area contributed by atoms with Crippen LogP contribution in [0.15, 0.2) is 0 Å². The number of amides is 1. The lowest BCUT2D eigenvalue weighted by atomic mass is 9.69. The van der Waals surface area contributed by atoms with Crippen molar-refractivity contribution in [2.24, 2.45) is 23.7 Å². The van der Waals surface area contributed by atoms with E-state index in [1.807, 2.05) is 6.92 Å². The lowest BCUT2D eigenvalue weighted by Crippen LogP contribution is -2.48. The molecule has 1 amide bonds. The fraction of sp³-hybridized carbons (Fsp3) is 0.889. The van der Waals surface area contributed by atoms with Gasteiger partial charge in [0.1, 0.15) is 6.04 Å². The van der Waals surface area contributed by atoms with Gasteiger partial charge in [0.15, 0.2) is 0 Å². The molecule has 0 N–H and O–H groups in total. The van der Waals surface area contributed by atoms with E-state index in [1.165, 1.54) is 6.42 Å². The molecule has 22 heavy (non-hydrogen) atoms. The maximum atomic E-state index is 13.0. The number of likely N-dealkylation sites (N-methyl/N-ethyl adjacent to an activating group) is 1. The molecule has 1 unspecified atom stereocenters. The molecule has 0 saturated heterocycles. The van der Waals surface area contributed by atoms with Gasteiger partial charge in [-0.3, -0.25) is 4.79 Å². The number of rotatable bonds is 6. The van der Waals surface area contributed by atoms with Gasteiger partial charge < -0.3 is 9.64 Å². The molecule has 1 rings (SSSR count). The number of nitrogens with zero attached hydrogens (tertiary/aromatic N) is 1. The van der Waals surface area contributed by atoms with Crippen molar-refractivity contribution >= 4 is 11.9 Å². The van der Waals surface area contributed by atoms with Crippen molar-refractivity contribution < 1.29 is 14.3 Å². The Hall–Kier alpha value is -1.06. The summed E-state index contributed by atoms with van der Waals surface area (Å²) < 4.78 is 5.12. The minimum absolute atomic E-state index is 0.0391. The summed E-state index contributed by atoms with van der Waals surface area (Å²) in [5.74, 6) is 1.37. The van der Waals surface area contributed by atoms with Crippen LogP contribution < -0.4 is 0 Å². The van der Waals surface area contributed by atoms with Crippen LogP contribution >= 0.6 is 0 Å². The molecule has 1 saturated carbocycles. The van der Waals surface area contributed by atoms with Crippen LogP contribution in [0.5, 0.6) is 0 Å². The number of carbonyl (C=O) groups is 2. The van der Waals surface area contributed by atoms with Crippen molar-refractivity contribution in [3.8, 4) is 0 Å². The molecule has 0 heterocycles. The molecule has 1 fully saturated rings. The molecule has 0 aromatic heterocycles. The Morgan fingerprint density at radius 2 is 1.86 bits per heavy atom. The van der Waals surface area contributed by atoms with Gasteiger partial charge in [-0.2, -0.15) is 0 Å². The minimum Gasteiger partial charge on any atom is -0.464 e. The molecule has 0 aromatic carbocycles. The maximum Gasteiger partial charge on any atom is 0.328 e. The van der Waals surface area contributed by atoms with Crippen LogP contribution in [-0.4, -0.2) is 36.5 Å². The molecule has 128 valence electrons. The summed E-state index contributed by atoms with van der Waals surface area (Å²) >= 11 is 0. The number of hydrogen-bond acceptors (Lipinski definition) is 3. The van der Waals surface area contributed by atoms with Crippen LogP contribution in [0, 0.1) is 23.7 Å². The SMILES string of the molecule is CCOC(=O)C(CC)N(C)C(=O)[C@@H]1C[C@H](C)CC[C@H]1C(C)C. The van der Waals surface area contributed by atoms with Gasteiger partial charge in [0, 0.05) is 13.0 Å². The Morgan fingerprint density at radius 1 is 1.23 bits per heavy atom. The number of esters is 1. The van der Waals surface area contributed by atoms with Gasteiger partial charge in [-0.1, -0.05) is 34.1 Å². The Bertz CT molecular complexity index is 381. The number of ether oxygens (including phenoxy) is 1. The summed E-state index contributed by atoms with van der Waals surface area (Å²) in [5, 5.41) is 0. The third-order valence-corrected chi connectivity index (χ3v) is 5.10. The quantitative estimate of drug-likeness (QED) is 0.705. The predicted molar refractivity (Wildman–Crippen MR) is 88.3 cm³/mol. The van der Waals surface area contributed by atoms with E-state index in [-0.39, 0.29) is 17.8 Å². The fourth-order valence-corrected chi connectivity index (χ4v) is 3.74. The van der Waals surface area contributed by atoms with E-state index in [0.717, 1.165) is 12.8 Å². The monoisotopic (exact) mass is 311 g/mol. The van der Waals surface area contributed by atoms with Crippen molar-refractivity contribution in [2.75, 3.05) is 13.7 Å². The summed E-state index contributed by atoms with van der Waals surface area (Å²) in [4.78, 5) is 26.7. The van der Waals surface area contributed by atoms with Gasteiger partial charge in [-0.05, 0) is 43.9 Å². The van der Waals surface area contributed by atoms with Gasteiger partial charge in [0.05, 0.1) is 6.61 Å². The number of carbonyl (C=O) groups excluding carboxylic acids is 2. The largest absolute Gasteiger partial charge is 0.464 e. The summed E-state index contributed by atoms with van der Waals surface area (Å²) in [7, 11) is 1.75. The second-order valence-corrected chi connectivity index (χ2v) is 7.06. The molecule has 4 atom stereocenters. The zero-order chi connectivity index (χ0) is 16.9. The van der Waals surface area contributed by atoms with Crippen LogP contribution in [0.25, 0.3) is 0 Å². The Morgan fingerprint density at radius 3 is 2.36 bits per heavy atom. The van der Waals surface area contributed by atoms with Crippen LogP contribution in [-0.2, 0) is 14.3 Å². The smallest absolute Gasteiger partial charge is 0.328 e. The zero-order valence-corrected chi connectivity index (χ0v) is 15.1. The molecule has 1 aliphatic rings. The highest BCUT2D eigenvalue weighted by molar-refractivity contribution is 5.85. The average molecular weight is 311 g/mol. The summed E-state index contributed by atoms with van der Waals surface area (Å²) in [6.07, 6.45) is 3.84. The van der Waals surface area contributed by atoms with E-state index in [4.69, 9.17) is 4.74 Å². The Kier molecular flexibility index (Phi) is 7.37. The predicted octanol–water partition coefficient (Wildman–Crippen LogP) is 3.49. The Labute approximate surface area is 135 Å². The normalized spacial score (nSPS) is 26.6. The second-order valence-electron chi connectivity index (χ2n) is 7.06. The Balaban J connectivity index is 2.87. The van der Waals surface area contributed by atoms with Gasteiger partial charge in [0.2, 0.25) is 5.91 Å². The highest BCUT2D eigenvalue weighted by Gasteiger charge is 2.39. The van der Waals surface area contributed by atoms with Crippen molar-refractivity contribution in [3.63, 3.8) is 0 Å². The standard InChI is InChI=1S/C18H33NO3/c1-7-16(18(21)22-8-2)19(6)17(20)15-11-13(5)9-10-14(15)12(3)4/h12-16H,7-11H2,1-6H3/t13-,14+,15-,16?/m1/s1. The fourth-order valence-electron chi connectivity index (χ4n) is 3.74. The molecule has 1 aliphatic carbocycles. The molecule has 0 bridgehead atoms. The second kappa shape index (κ2) is 8.54. The summed E-state index contributed by atoms with van der Waals surface area (Å²) in [5.41, 5.74) is 0. The van der Waals surface area contributed by atoms with Crippen molar-refractivity contribution in [1.29, 1.82) is 0 Å². The van der Waals surface area contributed by atoms with Gasteiger partial charge in [-0.15, -0.1) is 0 Å². The molecule has 0 aliphatic heterocycles. The van der Waals surface area contributed by atoms with Crippen LogP contribution in [0.3, 0.4) is 0 Å². The highest BCUT2D eigenvalue weighted by Crippen LogP contribution is 2.39.